The Balaban J connectivity index is 4.73. The molecule has 0 saturated heterocycles. The first-order valence-corrected chi connectivity index (χ1v) is 4.09. The standard InChI is InChI=1S/C7H6F10O/c1-4(9,10)5(11,12)2-18-7(16,17)3(8)6(13,14)15/h3H,2H2,1H3. The lowest BCUT2D eigenvalue weighted by atomic mass is 10.2. The van der Waals surface area contributed by atoms with Crippen LogP contribution in [0.4, 0.5) is 43.9 Å². The lowest BCUT2D eigenvalue weighted by Gasteiger charge is -2.27. The Labute approximate surface area is 93.7 Å². The first kappa shape index (κ1) is 17.3. The molecule has 0 aliphatic heterocycles. The second-order valence-corrected chi connectivity index (χ2v) is 3.35. The van der Waals surface area contributed by atoms with Gasteiger partial charge in [-0.25, -0.2) is 13.2 Å². The topological polar surface area (TPSA) is 9.23 Å². The van der Waals surface area contributed by atoms with Gasteiger partial charge in [-0.3, -0.25) is 0 Å². The highest BCUT2D eigenvalue weighted by Crippen LogP contribution is 2.39. The summed E-state index contributed by atoms with van der Waals surface area (Å²) in [6, 6.07) is 0. The first-order valence-electron chi connectivity index (χ1n) is 4.09. The Morgan fingerprint density at radius 2 is 1.28 bits per heavy atom. The molecular weight excluding hydrogens is 290 g/mol. The van der Waals surface area contributed by atoms with Gasteiger partial charge in [-0.15, -0.1) is 0 Å². The zero-order valence-corrected chi connectivity index (χ0v) is 8.47. The van der Waals surface area contributed by atoms with Crippen molar-refractivity contribution in [2.45, 2.75) is 37.2 Å². The molecule has 0 saturated carbocycles. The highest BCUT2D eigenvalue weighted by molar-refractivity contribution is 4.82. The van der Waals surface area contributed by atoms with Crippen LogP contribution in [-0.4, -0.2) is 36.9 Å². The minimum atomic E-state index is -6.08. The van der Waals surface area contributed by atoms with Gasteiger partial charge in [0, 0.05) is 6.92 Å². The van der Waals surface area contributed by atoms with Gasteiger partial charge in [0.25, 0.3) is 6.17 Å². The van der Waals surface area contributed by atoms with E-state index >= 15 is 0 Å². The van der Waals surface area contributed by atoms with Crippen molar-refractivity contribution in [1.29, 1.82) is 0 Å². The maximum atomic E-state index is 12.4. The van der Waals surface area contributed by atoms with Gasteiger partial charge in [-0.05, 0) is 0 Å². The van der Waals surface area contributed by atoms with E-state index in [0.717, 1.165) is 0 Å². The maximum Gasteiger partial charge on any atom is 0.428 e. The van der Waals surface area contributed by atoms with E-state index in [4.69, 9.17) is 0 Å². The molecule has 0 amide bonds. The molecule has 0 aromatic carbocycles. The fourth-order valence-corrected chi connectivity index (χ4v) is 0.577. The Morgan fingerprint density at radius 3 is 1.56 bits per heavy atom. The lowest BCUT2D eigenvalue weighted by molar-refractivity contribution is -0.356. The molecular formula is C7H6F10O. The first-order chi connectivity index (χ1) is 7.61. The summed E-state index contributed by atoms with van der Waals surface area (Å²) in [4.78, 5) is 0. The number of ether oxygens (including phenoxy) is 1. The Morgan fingerprint density at radius 1 is 0.889 bits per heavy atom. The molecule has 0 fully saturated rings. The highest BCUT2D eigenvalue weighted by Gasteiger charge is 2.61. The number of alkyl halides is 10. The molecule has 0 N–H and O–H groups in total. The van der Waals surface area contributed by atoms with Gasteiger partial charge < -0.3 is 4.74 Å². The van der Waals surface area contributed by atoms with Crippen molar-refractivity contribution in [3.05, 3.63) is 0 Å². The number of halogens is 10. The molecule has 110 valence electrons. The van der Waals surface area contributed by atoms with Crippen LogP contribution in [0.2, 0.25) is 0 Å². The van der Waals surface area contributed by atoms with Crippen molar-refractivity contribution in [2.24, 2.45) is 0 Å². The van der Waals surface area contributed by atoms with Crippen LogP contribution in [0.1, 0.15) is 6.92 Å². The number of hydrogen-bond acceptors (Lipinski definition) is 1. The van der Waals surface area contributed by atoms with Gasteiger partial charge >= 0.3 is 24.1 Å². The molecule has 0 radical (unpaired) electrons. The number of hydrogen-bond donors (Lipinski definition) is 0. The maximum absolute atomic E-state index is 12.4. The van der Waals surface area contributed by atoms with Crippen LogP contribution in [-0.2, 0) is 4.74 Å². The Kier molecular flexibility index (Phi) is 4.55. The van der Waals surface area contributed by atoms with Crippen LogP contribution < -0.4 is 0 Å². The van der Waals surface area contributed by atoms with Crippen LogP contribution in [0.25, 0.3) is 0 Å². The molecule has 0 aromatic heterocycles. The molecule has 1 unspecified atom stereocenters. The van der Waals surface area contributed by atoms with Gasteiger partial charge in [0.1, 0.15) is 6.61 Å². The molecule has 1 atom stereocenters. The van der Waals surface area contributed by atoms with Gasteiger partial charge in [-0.2, -0.15) is 30.7 Å². The summed E-state index contributed by atoms with van der Waals surface area (Å²) in [6.07, 6.45) is -16.7. The summed E-state index contributed by atoms with van der Waals surface area (Å²) in [6.45, 7) is -3.12. The SMILES string of the molecule is CC(F)(F)C(F)(F)COC(F)(F)C(F)C(F)(F)F. The molecule has 0 spiro atoms. The molecule has 1 nitrogen and oxygen atoms in total. The van der Waals surface area contributed by atoms with Crippen molar-refractivity contribution < 1.29 is 48.6 Å². The van der Waals surface area contributed by atoms with E-state index in [1.807, 2.05) is 0 Å². The third-order valence-electron chi connectivity index (χ3n) is 1.67. The fraction of sp³-hybridized carbons (Fsp3) is 1.00. The molecule has 0 rings (SSSR count). The molecule has 18 heavy (non-hydrogen) atoms. The zero-order valence-electron chi connectivity index (χ0n) is 8.47. The van der Waals surface area contributed by atoms with Crippen molar-refractivity contribution in [3.8, 4) is 0 Å². The monoisotopic (exact) mass is 296 g/mol. The minimum absolute atomic E-state index is 0.356. The second kappa shape index (κ2) is 4.74. The van der Waals surface area contributed by atoms with Gasteiger partial charge in [-0.1, -0.05) is 0 Å². The third-order valence-corrected chi connectivity index (χ3v) is 1.67. The quantitative estimate of drug-likeness (QED) is 0.701. The average molecular weight is 296 g/mol. The van der Waals surface area contributed by atoms with Crippen molar-refractivity contribution in [3.63, 3.8) is 0 Å². The van der Waals surface area contributed by atoms with Crippen LogP contribution in [0.15, 0.2) is 0 Å². The smallest absolute Gasteiger partial charge is 0.311 e. The van der Waals surface area contributed by atoms with Crippen molar-refractivity contribution in [2.75, 3.05) is 6.61 Å². The normalized spacial score (nSPS) is 16.8. The van der Waals surface area contributed by atoms with E-state index in [0.29, 0.717) is 0 Å². The average Bonchev–Trinajstić information content (AvgIpc) is 2.10. The molecule has 0 bridgehead atoms. The molecule has 0 aliphatic rings. The molecule has 0 aliphatic carbocycles. The van der Waals surface area contributed by atoms with E-state index in [9.17, 15) is 43.9 Å². The van der Waals surface area contributed by atoms with Gasteiger partial charge in [0.15, 0.2) is 0 Å². The van der Waals surface area contributed by atoms with Crippen LogP contribution in [0.5, 0.6) is 0 Å². The predicted molar refractivity (Wildman–Crippen MR) is 37.4 cm³/mol. The summed E-state index contributed by atoms with van der Waals surface area (Å²) in [5.74, 6) is -9.98. The van der Waals surface area contributed by atoms with Crippen molar-refractivity contribution >= 4 is 0 Å². The van der Waals surface area contributed by atoms with Crippen LogP contribution in [0.3, 0.4) is 0 Å². The van der Waals surface area contributed by atoms with E-state index in [2.05, 4.69) is 4.74 Å². The summed E-state index contributed by atoms with van der Waals surface area (Å²) < 4.78 is 123. The Bertz CT molecular complexity index is 277. The lowest BCUT2D eigenvalue weighted by Crippen LogP contribution is -2.49. The predicted octanol–water partition coefficient (Wildman–Crippen LogP) is 3.79. The van der Waals surface area contributed by atoms with E-state index in [1.54, 1.807) is 0 Å². The summed E-state index contributed by atoms with van der Waals surface area (Å²) >= 11 is 0. The number of rotatable bonds is 5. The van der Waals surface area contributed by atoms with E-state index < -0.39 is 36.9 Å². The minimum Gasteiger partial charge on any atom is -0.311 e. The summed E-state index contributed by atoms with van der Waals surface area (Å²) in [7, 11) is 0. The zero-order chi connectivity index (χ0) is 15.0. The van der Waals surface area contributed by atoms with Gasteiger partial charge in [0.2, 0.25) is 0 Å². The third kappa shape index (κ3) is 4.18. The van der Waals surface area contributed by atoms with Crippen molar-refractivity contribution in [1.82, 2.24) is 0 Å². The van der Waals surface area contributed by atoms with Gasteiger partial charge in [0.05, 0.1) is 0 Å². The van der Waals surface area contributed by atoms with Crippen LogP contribution >= 0.6 is 0 Å². The largest absolute Gasteiger partial charge is 0.428 e. The van der Waals surface area contributed by atoms with E-state index in [-0.39, 0.29) is 6.92 Å². The highest BCUT2D eigenvalue weighted by atomic mass is 19.4. The summed E-state index contributed by atoms with van der Waals surface area (Å²) in [5.41, 5.74) is 0. The molecule has 0 aromatic rings. The second-order valence-electron chi connectivity index (χ2n) is 3.35. The van der Waals surface area contributed by atoms with E-state index in [1.165, 1.54) is 0 Å². The Hall–Kier alpha value is -0.740. The molecule has 0 heterocycles. The fourth-order valence-electron chi connectivity index (χ4n) is 0.577. The summed E-state index contributed by atoms with van der Waals surface area (Å²) in [5, 5.41) is 0. The molecule has 11 heteroatoms. The van der Waals surface area contributed by atoms with Crippen LogP contribution in [0, 0.1) is 0 Å².